The molecule has 17 heavy (non-hydrogen) atoms. The van der Waals surface area contributed by atoms with E-state index in [0.717, 1.165) is 36.0 Å². The lowest BCUT2D eigenvalue weighted by Gasteiger charge is -2.08. The van der Waals surface area contributed by atoms with Crippen LogP contribution in [0, 0.1) is 6.92 Å². The highest BCUT2D eigenvalue weighted by Gasteiger charge is 2.11. The zero-order chi connectivity index (χ0) is 12.7. The van der Waals surface area contributed by atoms with Gasteiger partial charge in [0.05, 0.1) is 17.0 Å². The van der Waals surface area contributed by atoms with Crippen LogP contribution in [0.2, 0.25) is 0 Å². The van der Waals surface area contributed by atoms with E-state index >= 15 is 0 Å². The third kappa shape index (κ3) is 4.42. The molecule has 5 heteroatoms. The van der Waals surface area contributed by atoms with Crippen LogP contribution < -0.4 is 5.32 Å². The van der Waals surface area contributed by atoms with Gasteiger partial charge in [0.1, 0.15) is 0 Å². The molecule has 94 valence electrons. The lowest BCUT2D eigenvalue weighted by Crippen LogP contribution is -2.26. The Morgan fingerprint density at radius 1 is 1.41 bits per heavy atom. The number of nitrogens with zero attached hydrogens (tertiary/aromatic N) is 2. The number of rotatable bonds is 6. The van der Waals surface area contributed by atoms with Crippen molar-refractivity contribution in [2.75, 3.05) is 11.9 Å². The van der Waals surface area contributed by atoms with Gasteiger partial charge in [-0.25, -0.2) is 0 Å². The molecule has 0 radical (unpaired) electrons. The molecule has 1 N–H and O–H groups in total. The smallest absolute Gasteiger partial charge is 0.253 e. The molecule has 0 aromatic carbocycles. The van der Waals surface area contributed by atoms with Gasteiger partial charge in [0, 0.05) is 11.9 Å². The normalized spacial score (nSPS) is 10.3. The second-order valence-electron chi connectivity index (χ2n) is 3.85. The van der Waals surface area contributed by atoms with Gasteiger partial charge in [-0.3, -0.25) is 4.79 Å². The van der Waals surface area contributed by atoms with Gasteiger partial charge in [-0.2, -0.15) is 10.2 Å². The van der Waals surface area contributed by atoms with Crippen molar-refractivity contribution in [2.45, 2.75) is 33.1 Å². The van der Waals surface area contributed by atoms with E-state index in [-0.39, 0.29) is 5.91 Å². The van der Waals surface area contributed by atoms with E-state index in [1.807, 2.05) is 13.8 Å². The summed E-state index contributed by atoms with van der Waals surface area (Å²) < 4.78 is 0. The minimum atomic E-state index is -0.0468. The van der Waals surface area contributed by atoms with E-state index in [0.29, 0.717) is 12.1 Å². The topological polar surface area (TPSA) is 54.9 Å². The average molecular weight is 300 g/mol. The van der Waals surface area contributed by atoms with E-state index in [9.17, 15) is 4.79 Å². The molecule has 0 saturated heterocycles. The molecule has 0 atom stereocenters. The molecular formula is C12H18BrN3O. The number of hydrogen-bond acceptors (Lipinski definition) is 3. The van der Waals surface area contributed by atoms with Crippen LogP contribution in [0.1, 0.15) is 41.5 Å². The van der Waals surface area contributed by atoms with Gasteiger partial charge in [-0.1, -0.05) is 22.9 Å². The van der Waals surface area contributed by atoms with Gasteiger partial charge in [0.15, 0.2) is 0 Å². The Morgan fingerprint density at radius 3 is 2.82 bits per heavy atom. The highest BCUT2D eigenvalue weighted by atomic mass is 79.9. The first kappa shape index (κ1) is 14.1. The number of aromatic nitrogens is 2. The Balaban J connectivity index is 2.64. The molecule has 1 heterocycles. The van der Waals surface area contributed by atoms with Gasteiger partial charge < -0.3 is 5.32 Å². The maximum Gasteiger partial charge on any atom is 0.253 e. The molecule has 1 rings (SSSR count). The molecule has 0 aliphatic rings. The van der Waals surface area contributed by atoms with Crippen LogP contribution in [-0.2, 0) is 6.42 Å². The fourth-order valence-electron chi connectivity index (χ4n) is 1.49. The van der Waals surface area contributed by atoms with Crippen LogP contribution in [0.15, 0.2) is 6.07 Å². The Kier molecular flexibility index (Phi) is 6.11. The van der Waals surface area contributed by atoms with E-state index < -0.39 is 0 Å². The zero-order valence-corrected chi connectivity index (χ0v) is 11.9. The molecule has 0 unspecified atom stereocenters. The third-order valence-corrected chi connectivity index (χ3v) is 2.98. The van der Waals surface area contributed by atoms with Crippen molar-refractivity contribution in [3.63, 3.8) is 0 Å². The van der Waals surface area contributed by atoms with E-state index in [2.05, 4.69) is 31.4 Å². The maximum absolute atomic E-state index is 11.9. The summed E-state index contributed by atoms with van der Waals surface area (Å²) in [5.74, 6) is -0.0468. The first-order valence-corrected chi connectivity index (χ1v) is 6.98. The third-order valence-electron chi connectivity index (χ3n) is 2.42. The minimum absolute atomic E-state index is 0.0468. The number of carbonyl (C=O) groups is 1. The van der Waals surface area contributed by atoms with Crippen LogP contribution in [0.4, 0.5) is 0 Å². The largest absolute Gasteiger partial charge is 0.352 e. The lowest BCUT2D eigenvalue weighted by molar-refractivity contribution is 0.0951. The van der Waals surface area contributed by atoms with Gasteiger partial charge in [0.25, 0.3) is 5.91 Å². The summed E-state index contributed by atoms with van der Waals surface area (Å²) in [5.41, 5.74) is 2.18. The molecule has 1 aromatic heterocycles. The number of aryl methyl sites for hydroxylation is 2. The number of carbonyl (C=O) groups excluding carboxylic acids is 1. The molecular weight excluding hydrogens is 282 g/mol. The van der Waals surface area contributed by atoms with E-state index in [4.69, 9.17) is 0 Å². The van der Waals surface area contributed by atoms with Crippen LogP contribution in [0.25, 0.3) is 0 Å². The number of unbranched alkanes of at least 4 members (excludes halogenated alkanes) is 1. The molecule has 4 nitrogen and oxygen atoms in total. The van der Waals surface area contributed by atoms with Crippen molar-refractivity contribution in [3.8, 4) is 0 Å². The first-order chi connectivity index (χ1) is 8.19. The maximum atomic E-state index is 11.9. The van der Waals surface area contributed by atoms with Crippen molar-refractivity contribution in [1.82, 2.24) is 15.5 Å². The summed E-state index contributed by atoms with van der Waals surface area (Å²) in [6.45, 7) is 4.52. The molecule has 0 spiro atoms. The molecule has 0 saturated carbocycles. The van der Waals surface area contributed by atoms with Crippen LogP contribution in [0.5, 0.6) is 0 Å². The fourth-order valence-corrected chi connectivity index (χ4v) is 1.89. The van der Waals surface area contributed by atoms with Gasteiger partial charge in [-0.15, -0.1) is 0 Å². The van der Waals surface area contributed by atoms with Crippen molar-refractivity contribution in [1.29, 1.82) is 0 Å². The van der Waals surface area contributed by atoms with E-state index in [1.54, 1.807) is 6.07 Å². The first-order valence-electron chi connectivity index (χ1n) is 5.86. The Bertz CT molecular complexity index is 382. The second-order valence-corrected chi connectivity index (χ2v) is 4.64. The van der Waals surface area contributed by atoms with Crippen LogP contribution in [-0.4, -0.2) is 28.0 Å². The molecule has 1 aromatic rings. The molecule has 0 aliphatic carbocycles. The fraction of sp³-hybridized carbons (Fsp3) is 0.583. The number of hydrogen-bond donors (Lipinski definition) is 1. The van der Waals surface area contributed by atoms with Crippen LogP contribution >= 0.6 is 15.9 Å². The van der Waals surface area contributed by atoms with Gasteiger partial charge in [-0.05, 0) is 32.3 Å². The van der Waals surface area contributed by atoms with Crippen molar-refractivity contribution < 1.29 is 4.79 Å². The lowest BCUT2D eigenvalue weighted by atomic mass is 10.1. The quantitative estimate of drug-likeness (QED) is 0.647. The Hall–Kier alpha value is -0.970. The summed E-state index contributed by atoms with van der Waals surface area (Å²) >= 11 is 3.36. The minimum Gasteiger partial charge on any atom is -0.352 e. The Labute approximate surface area is 110 Å². The summed E-state index contributed by atoms with van der Waals surface area (Å²) in [6, 6.07) is 1.80. The van der Waals surface area contributed by atoms with E-state index in [1.165, 1.54) is 0 Å². The Morgan fingerprint density at radius 2 is 2.18 bits per heavy atom. The molecule has 0 fully saturated rings. The average Bonchev–Trinajstić information content (AvgIpc) is 2.34. The second kappa shape index (κ2) is 7.37. The predicted molar refractivity (Wildman–Crippen MR) is 71.5 cm³/mol. The van der Waals surface area contributed by atoms with Crippen molar-refractivity contribution in [3.05, 3.63) is 23.0 Å². The van der Waals surface area contributed by atoms with Crippen LogP contribution in [0.3, 0.4) is 0 Å². The number of halogens is 1. The van der Waals surface area contributed by atoms with Crippen molar-refractivity contribution >= 4 is 21.8 Å². The number of nitrogens with one attached hydrogen (secondary N) is 1. The highest BCUT2D eigenvalue weighted by Crippen LogP contribution is 2.07. The monoisotopic (exact) mass is 299 g/mol. The summed E-state index contributed by atoms with van der Waals surface area (Å²) in [4.78, 5) is 11.9. The van der Waals surface area contributed by atoms with Gasteiger partial charge >= 0.3 is 0 Å². The highest BCUT2D eigenvalue weighted by molar-refractivity contribution is 9.09. The SMILES string of the molecule is CCc1nnc(C)cc1C(=O)NCCCCBr. The zero-order valence-electron chi connectivity index (χ0n) is 10.3. The molecule has 1 amide bonds. The summed E-state index contributed by atoms with van der Waals surface area (Å²) in [5, 5.41) is 11.9. The summed E-state index contributed by atoms with van der Waals surface area (Å²) in [6.07, 6.45) is 2.77. The molecule has 0 aliphatic heterocycles. The number of amides is 1. The summed E-state index contributed by atoms with van der Waals surface area (Å²) in [7, 11) is 0. The van der Waals surface area contributed by atoms with Crippen molar-refractivity contribution in [2.24, 2.45) is 0 Å². The van der Waals surface area contributed by atoms with Gasteiger partial charge in [0.2, 0.25) is 0 Å². The standard InChI is InChI=1S/C12H18BrN3O/c1-3-11-10(8-9(2)15-16-11)12(17)14-7-5-4-6-13/h8H,3-7H2,1-2H3,(H,14,17). The predicted octanol–water partition coefficient (Wildman–Crippen LogP) is 2.25. The molecule has 0 bridgehead atoms. The number of alkyl halides is 1.